The highest BCUT2D eigenvalue weighted by Gasteiger charge is 2.47. The Bertz CT molecular complexity index is 793. The molecular weight excluding hydrogens is 424 g/mol. The largest absolute Gasteiger partial charge is 0.482 e. The smallest absolute Gasteiger partial charge is 0.341 e. The first-order valence-electron chi connectivity index (χ1n) is 12.4. The summed E-state index contributed by atoms with van der Waals surface area (Å²) in [7, 11) is 0. The van der Waals surface area contributed by atoms with Crippen LogP contribution in [0.3, 0.4) is 0 Å². The minimum Gasteiger partial charge on any atom is -0.482 e. The molecule has 1 aromatic carbocycles. The number of carboxylic acid groups (broad SMARTS) is 1. The minimum atomic E-state index is -1.00. The summed E-state index contributed by atoms with van der Waals surface area (Å²) in [5.74, 6) is 0.0450. The van der Waals surface area contributed by atoms with Gasteiger partial charge in [0.1, 0.15) is 11.9 Å². The second-order valence-electron chi connectivity index (χ2n) is 9.54. The normalized spacial score (nSPS) is 24.6. The molecule has 0 spiro atoms. The lowest BCUT2D eigenvalue weighted by molar-refractivity contribution is -0.152. The maximum atomic E-state index is 12.2. The van der Waals surface area contributed by atoms with Crippen molar-refractivity contribution in [2.75, 3.05) is 13.2 Å². The number of esters is 1. The molecule has 7 heteroatoms. The minimum absolute atomic E-state index is 0.00834. The Morgan fingerprint density at radius 2 is 2.00 bits per heavy atom. The first kappa shape index (κ1) is 25.5. The topological polar surface area (TPSA) is 113 Å². The Kier molecular flexibility index (Phi) is 9.56. The third-order valence-electron chi connectivity index (χ3n) is 7.24. The third kappa shape index (κ3) is 6.93. The van der Waals surface area contributed by atoms with Crippen LogP contribution in [0.2, 0.25) is 0 Å². The van der Waals surface area contributed by atoms with Gasteiger partial charge in [0.05, 0.1) is 19.1 Å². The number of benzene rings is 1. The highest BCUT2D eigenvalue weighted by Crippen LogP contribution is 2.49. The van der Waals surface area contributed by atoms with E-state index in [1.165, 1.54) is 0 Å². The molecule has 2 aliphatic carbocycles. The predicted octanol–water partition coefficient (Wildman–Crippen LogP) is 3.52. The number of unbranched alkanes of at least 4 members (excludes halogenated alkanes) is 2. The van der Waals surface area contributed by atoms with Crippen LogP contribution in [0.4, 0.5) is 0 Å². The number of hydrogen-bond acceptors (Lipinski definition) is 6. The quantitative estimate of drug-likeness (QED) is 0.304. The molecule has 5 atom stereocenters. The number of ether oxygens (including phenoxy) is 2. The van der Waals surface area contributed by atoms with Gasteiger partial charge < -0.3 is 24.8 Å². The number of carbonyl (C=O) groups is 2. The zero-order valence-corrected chi connectivity index (χ0v) is 19.6. The maximum absolute atomic E-state index is 12.2. The van der Waals surface area contributed by atoms with Gasteiger partial charge in [0.2, 0.25) is 0 Å². The Balaban J connectivity index is 1.72. The maximum Gasteiger partial charge on any atom is 0.341 e. The van der Waals surface area contributed by atoms with Crippen molar-refractivity contribution in [3.8, 4) is 5.75 Å². The molecule has 2 aliphatic rings. The van der Waals surface area contributed by atoms with Crippen LogP contribution >= 0.6 is 0 Å². The van der Waals surface area contributed by atoms with Crippen molar-refractivity contribution in [2.24, 2.45) is 17.8 Å². The second-order valence-corrected chi connectivity index (χ2v) is 9.54. The Morgan fingerprint density at radius 3 is 2.73 bits per heavy atom. The van der Waals surface area contributed by atoms with Gasteiger partial charge in [-0.2, -0.15) is 0 Å². The van der Waals surface area contributed by atoms with Crippen LogP contribution in [-0.2, 0) is 27.2 Å². The van der Waals surface area contributed by atoms with Crippen molar-refractivity contribution < 1.29 is 34.4 Å². The van der Waals surface area contributed by atoms with Gasteiger partial charge >= 0.3 is 11.9 Å². The van der Waals surface area contributed by atoms with Gasteiger partial charge in [0, 0.05) is 0 Å². The van der Waals surface area contributed by atoms with E-state index in [4.69, 9.17) is 19.7 Å². The Hall–Kier alpha value is -2.12. The van der Waals surface area contributed by atoms with Gasteiger partial charge in [0.25, 0.3) is 0 Å². The molecule has 1 saturated carbocycles. The highest BCUT2D eigenvalue weighted by molar-refractivity contribution is 5.69. The number of aliphatic carboxylic acids is 1. The fourth-order valence-corrected chi connectivity index (χ4v) is 5.66. The number of rotatable bonds is 13. The van der Waals surface area contributed by atoms with E-state index < -0.39 is 5.97 Å². The van der Waals surface area contributed by atoms with Crippen LogP contribution in [-0.4, -0.2) is 52.7 Å². The molecule has 0 amide bonds. The zero-order valence-electron chi connectivity index (χ0n) is 19.6. The van der Waals surface area contributed by atoms with E-state index in [0.717, 1.165) is 62.5 Å². The van der Waals surface area contributed by atoms with Gasteiger partial charge in [-0.25, -0.2) is 4.79 Å². The summed E-state index contributed by atoms with van der Waals surface area (Å²) in [5, 5.41) is 28.6. The van der Waals surface area contributed by atoms with Crippen molar-refractivity contribution in [1.82, 2.24) is 0 Å². The summed E-state index contributed by atoms with van der Waals surface area (Å²) in [5.41, 5.74) is 2.22. The first-order valence-corrected chi connectivity index (χ1v) is 12.4. The SMILES string of the molecule is CCCCC[C@H](O)CC[C@@H]1[C@H]2Cc3cccc(OCC(=O)O)c3C[C@H]2C[C@H]1OC(=O)CCO. The molecule has 0 bridgehead atoms. The zero-order chi connectivity index (χ0) is 23.8. The van der Waals surface area contributed by atoms with E-state index in [0.29, 0.717) is 24.0 Å². The molecule has 0 radical (unpaired) electrons. The van der Waals surface area contributed by atoms with Gasteiger partial charge in [-0.3, -0.25) is 4.79 Å². The van der Waals surface area contributed by atoms with E-state index in [1.807, 2.05) is 12.1 Å². The molecule has 0 aliphatic heterocycles. The van der Waals surface area contributed by atoms with Gasteiger partial charge in [-0.05, 0) is 73.5 Å². The average Bonchev–Trinajstić information content (AvgIpc) is 3.10. The summed E-state index contributed by atoms with van der Waals surface area (Å²) in [6.07, 6.45) is 7.33. The number of hydrogen-bond donors (Lipinski definition) is 3. The van der Waals surface area contributed by atoms with Crippen molar-refractivity contribution in [1.29, 1.82) is 0 Å². The lowest BCUT2D eigenvalue weighted by atomic mass is 9.73. The summed E-state index contributed by atoms with van der Waals surface area (Å²) < 4.78 is 11.4. The molecule has 1 aromatic rings. The molecule has 0 unspecified atom stereocenters. The second kappa shape index (κ2) is 12.4. The molecule has 0 heterocycles. The molecule has 184 valence electrons. The van der Waals surface area contributed by atoms with E-state index in [9.17, 15) is 14.7 Å². The predicted molar refractivity (Wildman–Crippen MR) is 123 cm³/mol. The van der Waals surface area contributed by atoms with Crippen molar-refractivity contribution in [3.63, 3.8) is 0 Å². The van der Waals surface area contributed by atoms with Crippen LogP contribution in [0, 0.1) is 17.8 Å². The molecule has 33 heavy (non-hydrogen) atoms. The molecule has 0 aromatic heterocycles. The van der Waals surface area contributed by atoms with Crippen molar-refractivity contribution >= 4 is 11.9 Å². The Labute approximate surface area is 196 Å². The van der Waals surface area contributed by atoms with Crippen LogP contribution in [0.1, 0.15) is 69.4 Å². The molecule has 3 N–H and O–H groups in total. The van der Waals surface area contributed by atoms with Crippen molar-refractivity contribution in [2.45, 2.75) is 83.3 Å². The monoisotopic (exact) mass is 462 g/mol. The molecular formula is C26H38O7. The first-order chi connectivity index (χ1) is 15.9. The van der Waals surface area contributed by atoms with Gasteiger partial charge in [-0.1, -0.05) is 38.3 Å². The lowest BCUT2D eigenvalue weighted by Gasteiger charge is -2.32. The molecule has 0 saturated heterocycles. The van der Waals surface area contributed by atoms with Gasteiger partial charge in [0.15, 0.2) is 6.61 Å². The van der Waals surface area contributed by atoms with E-state index in [-0.39, 0.29) is 43.7 Å². The van der Waals surface area contributed by atoms with Crippen molar-refractivity contribution in [3.05, 3.63) is 29.3 Å². The van der Waals surface area contributed by atoms with Crippen LogP contribution in [0.25, 0.3) is 0 Å². The Morgan fingerprint density at radius 1 is 1.18 bits per heavy atom. The fourth-order valence-electron chi connectivity index (χ4n) is 5.66. The summed E-state index contributed by atoms with van der Waals surface area (Å²) in [4.78, 5) is 23.1. The molecule has 7 nitrogen and oxygen atoms in total. The van der Waals surface area contributed by atoms with E-state index >= 15 is 0 Å². The number of aliphatic hydroxyl groups excluding tert-OH is 2. The van der Waals surface area contributed by atoms with E-state index in [1.54, 1.807) is 0 Å². The van der Waals surface area contributed by atoms with Crippen LogP contribution < -0.4 is 4.74 Å². The highest BCUT2D eigenvalue weighted by atomic mass is 16.5. The fraction of sp³-hybridized carbons (Fsp3) is 0.692. The number of aliphatic hydroxyl groups is 2. The van der Waals surface area contributed by atoms with Gasteiger partial charge in [-0.15, -0.1) is 0 Å². The number of carbonyl (C=O) groups excluding carboxylic acids is 1. The summed E-state index contributed by atoms with van der Waals surface area (Å²) in [6.45, 7) is 1.55. The lowest BCUT2D eigenvalue weighted by Crippen LogP contribution is -2.30. The molecule has 1 fully saturated rings. The number of fused-ring (bicyclic) bond motifs is 2. The summed E-state index contributed by atoms with van der Waals surface area (Å²) >= 11 is 0. The average molecular weight is 463 g/mol. The van der Waals surface area contributed by atoms with Crippen LogP contribution in [0.5, 0.6) is 5.75 Å². The number of carboxylic acids is 1. The van der Waals surface area contributed by atoms with E-state index in [2.05, 4.69) is 13.0 Å². The summed E-state index contributed by atoms with van der Waals surface area (Å²) in [6, 6.07) is 5.79. The molecule has 3 rings (SSSR count). The standard InChI is InChI=1S/C26H38O7/c1-2-3-4-7-19(28)9-10-20-21-13-17-6-5-8-23(32-16-25(29)30)22(17)14-18(21)15-24(20)33-26(31)11-12-27/h5-6,8,18-21,24,27-28H,2-4,7,9-16H2,1H3,(H,29,30)/t18-,19-,20+,21-,24+/m0/s1. The van der Waals surface area contributed by atoms with Crippen LogP contribution in [0.15, 0.2) is 18.2 Å². The third-order valence-corrected chi connectivity index (χ3v) is 7.24.